The first-order valence-corrected chi connectivity index (χ1v) is 5.21. The maximum atomic E-state index is 9.51. The number of ether oxygens (including phenoxy) is 1. The standard InChI is InChI=1S/C11H19NO3/c1-9(2)15-8-10(13)6-12-7-11-4-3-5-14-11/h3-5,9-10,12-13H,6-8H2,1-2H3. The molecule has 15 heavy (non-hydrogen) atoms. The highest BCUT2D eigenvalue weighted by molar-refractivity contribution is 4.97. The molecule has 1 unspecified atom stereocenters. The van der Waals surface area contributed by atoms with Crippen LogP contribution in [0.3, 0.4) is 0 Å². The summed E-state index contributed by atoms with van der Waals surface area (Å²) >= 11 is 0. The minimum absolute atomic E-state index is 0.157. The molecule has 4 nitrogen and oxygen atoms in total. The Bertz CT molecular complexity index is 246. The van der Waals surface area contributed by atoms with Gasteiger partial charge in [-0.15, -0.1) is 0 Å². The molecular weight excluding hydrogens is 194 g/mol. The molecule has 0 aromatic carbocycles. The van der Waals surface area contributed by atoms with E-state index in [0.29, 0.717) is 19.7 Å². The van der Waals surface area contributed by atoms with E-state index in [1.165, 1.54) is 0 Å². The van der Waals surface area contributed by atoms with Crippen molar-refractivity contribution in [1.82, 2.24) is 5.32 Å². The summed E-state index contributed by atoms with van der Waals surface area (Å²) in [5.41, 5.74) is 0. The lowest BCUT2D eigenvalue weighted by molar-refractivity contribution is 0.00617. The lowest BCUT2D eigenvalue weighted by atomic mass is 10.3. The van der Waals surface area contributed by atoms with Crippen LogP contribution in [0.1, 0.15) is 19.6 Å². The van der Waals surface area contributed by atoms with Gasteiger partial charge in [0, 0.05) is 6.54 Å². The van der Waals surface area contributed by atoms with Crippen LogP contribution in [0.4, 0.5) is 0 Å². The van der Waals surface area contributed by atoms with Gasteiger partial charge in [0.25, 0.3) is 0 Å². The van der Waals surface area contributed by atoms with E-state index in [1.807, 2.05) is 26.0 Å². The number of aliphatic hydroxyl groups excluding tert-OH is 1. The summed E-state index contributed by atoms with van der Waals surface area (Å²) in [5, 5.41) is 12.6. The number of hydrogen-bond acceptors (Lipinski definition) is 4. The van der Waals surface area contributed by atoms with E-state index in [9.17, 15) is 5.11 Å². The van der Waals surface area contributed by atoms with E-state index in [-0.39, 0.29) is 6.10 Å². The third-order valence-corrected chi connectivity index (χ3v) is 1.88. The van der Waals surface area contributed by atoms with Gasteiger partial charge in [0.1, 0.15) is 5.76 Å². The summed E-state index contributed by atoms with van der Waals surface area (Å²) in [7, 11) is 0. The number of hydrogen-bond donors (Lipinski definition) is 2. The quantitative estimate of drug-likeness (QED) is 0.713. The lowest BCUT2D eigenvalue weighted by Crippen LogP contribution is -2.30. The van der Waals surface area contributed by atoms with Gasteiger partial charge in [-0.1, -0.05) is 0 Å². The van der Waals surface area contributed by atoms with Crippen molar-refractivity contribution in [3.8, 4) is 0 Å². The largest absolute Gasteiger partial charge is 0.468 e. The zero-order valence-corrected chi connectivity index (χ0v) is 9.27. The molecule has 0 saturated heterocycles. The first-order chi connectivity index (χ1) is 7.18. The molecule has 0 aliphatic carbocycles. The van der Waals surface area contributed by atoms with E-state index < -0.39 is 6.10 Å². The zero-order valence-electron chi connectivity index (χ0n) is 9.27. The average Bonchev–Trinajstić information content (AvgIpc) is 2.67. The Morgan fingerprint density at radius 3 is 2.93 bits per heavy atom. The molecule has 1 rings (SSSR count). The van der Waals surface area contributed by atoms with Gasteiger partial charge in [0.15, 0.2) is 0 Å². The van der Waals surface area contributed by atoms with Crippen LogP contribution in [0.15, 0.2) is 22.8 Å². The SMILES string of the molecule is CC(C)OCC(O)CNCc1ccco1. The molecule has 4 heteroatoms. The monoisotopic (exact) mass is 213 g/mol. The summed E-state index contributed by atoms with van der Waals surface area (Å²) in [4.78, 5) is 0. The number of furan rings is 1. The van der Waals surface area contributed by atoms with Crippen LogP contribution in [-0.4, -0.2) is 30.5 Å². The minimum Gasteiger partial charge on any atom is -0.468 e. The molecule has 1 aromatic heterocycles. The molecule has 1 heterocycles. The van der Waals surface area contributed by atoms with Crippen LogP contribution in [0.5, 0.6) is 0 Å². The van der Waals surface area contributed by atoms with E-state index in [1.54, 1.807) is 6.26 Å². The number of nitrogens with one attached hydrogen (secondary N) is 1. The summed E-state index contributed by atoms with van der Waals surface area (Å²) in [6.45, 7) is 5.40. The van der Waals surface area contributed by atoms with Crippen LogP contribution in [0, 0.1) is 0 Å². The molecule has 0 bridgehead atoms. The smallest absolute Gasteiger partial charge is 0.117 e. The molecular formula is C11H19NO3. The van der Waals surface area contributed by atoms with Crippen molar-refractivity contribution in [3.63, 3.8) is 0 Å². The first-order valence-electron chi connectivity index (χ1n) is 5.21. The first kappa shape index (κ1) is 12.2. The third-order valence-electron chi connectivity index (χ3n) is 1.88. The summed E-state index contributed by atoms with van der Waals surface area (Å²) in [6.07, 6.45) is 1.32. The normalized spacial score (nSPS) is 13.3. The molecule has 0 saturated carbocycles. The maximum absolute atomic E-state index is 9.51. The van der Waals surface area contributed by atoms with Crippen molar-refractivity contribution >= 4 is 0 Å². The van der Waals surface area contributed by atoms with Gasteiger partial charge in [-0.25, -0.2) is 0 Å². The Kier molecular flexibility index (Phi) is 5.39. The molecule has 0 fully saturated rings. The molecule has 1 aromatic rings. The molecule has 0 spiro atoms. The third kappa shape index (κ3) is 5.57. The Morgan fingerprint density at radius 1 is 1.53 bits per heavy atom. The van der Waals surface area contributed by atoms with Crippen molar-refractivity contribution in [3.05, 3.63) is 24.2 Å². The van der Waals surface area contributed by atoms with Gasteiger partial charge in [-0.05, 0) is 26.0 Å². The predicted molar refractivity (Wildman–Crippen MR) is 57.5 cm³/mol. The summed E-state index contributed by atoms with van der Waals surface area (Å²) < 4.78 is 10.4. The predicted octanol–water partition coefficient (Wildman–Crippen LogP) is 1.16. The van der Waals surface area contributed by atoms with E-state index in [2.05, 4.69) is 5.32 Å². The van der Waals surface area contributed by atoms with Crippen LogP contribution < -0.4 is 5.32 Å². The van der Waals surface area contributed by atoms with Gasteiger partial charge in [-0.2, -0.15) is 0 Å². The Balaban J connectivity index is 2.04. The van der Waals surface area contributed by atoms with Crippen molar-refractivity contribution in [1.29, 1.82) is 0 Å². The Labute approximate surface area is 90.2 Å². The molecule has 0 aliphatic heterocycles. The fourth-order valence-corrected chi connectivity index (χ4v) is 1.14. The zero-order chi connectivity index (χ0) is 11.1. The highest BCUT2D eigenvalue weighted by atomic mass is 16.5. The fraction of sp³-hybridized carbons (Fsp3) is 0.636. The van der Waals surface area contributed by atoms with Gasteiger partial charge in [-0.3, -0.25) is 0 Å². The van der Waals surface area contributed by atoms with E-state index in [4.69, 9.17) is 9.15 Å². The van der Waals surface area contributed by atoms with Crippen molar-refractivity contribution < 1.29 is 14.3 Å². The van der Waals surface area contributed by atoms with Gasteiger partial charge >= 0.3 is 0 Å². The lowest BCUT2D eigenvalue weighted by Gasteiger charge is -2.13. The highest BCUT2D eigenvalue weighted by Gasteiger charge is 2.05. The average molecular weight is 213 g/mol. The summed E-state index contributed by atoms with van der Waals surface area (Å²) in [6, 6.07) is 3.74. The topological polar surface area (TPSA) is 54.6 Å². The van der Waals surface area contributed by atoms with Crippen LogP contribution >= 0.6 is 0 Å². The molecule has 0 aliphatic rings. The molecule has 0 amide bonds. The molecule has 0 radical (unpaired) electrons. The second kappa shape index (κ2) is 6.61. The Morgan fingerprint density at radius 2 is 2.33 bits per heavy atom. The van der Waals surface area contributed by atoms with E-state index in [0.717, 1.165) is 5.76 Å². The summed E-state index contributed by atoms with van der Waals surface area (Å²) in [5.74, 6) is 0.868. The molecule has 1 atom stereocenters. The number of aliphatic hydroxyl groups is 1. The van der Waals surface area contributed by atoms with Crippen molar-refractivity contribution in [2.45, 2.75) is 32.6 Å². The van der Waals surface area contributed by atoms with Gasteiger partial charge < -0.3 is 19.6 Å². The number of rotatable bonds is 7. The van der Waals surface area contributed by atoms with Crippen LogP contribution in [0.25, 0.3) is 0 Å². The second-order valence-corrected chi connectivity index (χ2v) is 3.75. The second-order valence-electron chi connectivity index (χ2n) is 3.75. The van der Waals surface area contributed by atoms with Crippen LogP contribution in [0.2, 0.25) is 0 Å². The fourth-order valence-electron chi connectivity index (χ4n) is 1.14. The van der Waals surface area contributed by atoms with E-state index >= 15 is 0 Å². The highest BCUT2D eigenvalue weighted by Crippen LogP contribution is 1.98. The maximum Gasteiger partial charge on any atom is 0.117 e. The molecule has 86 valence electrons. The van der Waals surface area contributed by atoms with Crippen molar-refractivity contribution in [2.75, 3.05) is 13.2 Å². The van der Waals surface area contributed by atoms with Crippen molar-refractivity contribution in [2.24, 2.45) is 0 Å². The van der Waals surface area contributed by atoms with Gasteiger partial charge in [0.2, 0.25) is 0 Å². The Hall–Kier alpha value is -0.840. The molecule has 2 N–H and O–H groups in total. The van der Waals surface area contributed by atoms with Crippen LogP contribution in [-0.2, 0) is 11.3 Å². The minimum atomic E-state index is -0.470. The van der Waals surface area contributed by atoms with Gasteiger partial charge in [0.05, 0.1) is 31.6 Å².